The first kappa shape index (κ1) is 5.91. The molecule has 1 aliphatic carbocycles. The van der Waals surface area contributed by atoms with Crippen molar-refractivity contribution in [2.75, 3.05) is 0 Å². The van der Waals surface area contributed by atoms with Crippen LogP contribution in [0, 0.1) is 0 Å². The lowest BCUT2D eigenvalue weighted by Gasteiger charge is -1.82. The van der Waals surface area contributed by atoms with E-state index in [2.05, 4.69) is 11.5 Å². The predicted octanol–water partition coefficient (Wildman–Crippen LogP) is 2.37. The molecule has 44 valence electrons. The molecule has 0 N–H and O–H groups in total. The molecule has 0 aliphatic heterocycles. The minimum absolute atomic E-state index is 1.20. The second-order valence-corrected chi connectivity index (χ2v) is 1.89. The van der Waals surface area contributed by atoms with Gasteiger partial charge in [-0.05, 0) is 36.8 Å². The van der Waals surface area contributed by atoms with Gasteiger partial charge in [-0.2, -0.15) is 0 Å². The smallest absolute Gasteiger partial charge is 0.0122 e. The molecule has 0 heteroatoms. The van der Waals surface area contributed by atoms with Crippen molar-refractivity contribution in [1.29, 1.82) is 0 Å². The van der Waals surface area contributed by atoms with E-state index in [4.69, 9.17) is 0 Å². The fraction of sp³-hybridized carbons (Fsp3) is 0.111. The van der Waals surface area contributed by atoms with E-state index in [-0.39, 0.29) is 0 Å². The molecule has 1 aliphatic rings. The van der Waals surface area contributed by atoms with Crippen LogP contribution in [0.3, 0.4) is 0 Å². The summed E-state index contributed by atoms with van der Waals surface area (Å²) in [5.41, 5.74) is 7.13. The molecule has 0 amide bonds. The van der Waals surface area contributed by atoms with Crippen molar-refractivity contribution < 1.29 is 0 Å². The summed E-state index contributed by atoms with van der Waals surface area (Å²) in [4.78, 5) is 0. The monoisotopic (exact) mass is 116 g/mol. The highest BCUT2D eigenvalue weighted by Gasteiger charge is 1.75. The summed E-state index contributed by atoms with van der Waals surface area (Å²) < 4.78 is 0. The molecule has 0 fully saturated rings. The van der Waals surface area contributed by atoms with Crippen molar-refractivity contribution in [3.05, 3.63) is 47.4 Å². The number of hydrogen-bond acceptors (Lipinski definition) is 0. The van der Waals surface area contributed by atoms with Gasteiger partial charge in [0.1, 0.15) is 0 Å². The second kappa shape index (κ2) is 2.94. The zero-order valence-electron chi connectivity index (χ0n) is 5.39. The second-order valence-electron chi connectivity index (χ2n) is 1.89. The van der Waals surface area contributed by atoms with Gasteiger partial charge in [0.25, 0.3) is 0 Å². The van der Waals surface area contributed by atoms with Crippen LogP contribution in [0.1, 0.15) is 6.92 Å². The molecule has 9 heavy (non-hydrogen) atoms. The Labute approximate surface area is 55.2 Å². The third-order valence-corrected chi connectivity index (χ3v) is 1.03. The average molecular weight is 116 g/mol. The Hall–Kier alpha value is -1.22. The SMILES string of the molecule is CC1=CC=C=CC=C=C1. The normalized spacial score (nSPS) is 15.0. The van der Waals surface area contributed by atoms with Crippen LogP contribution in [0.5, 0.6) is 0 Å². The number of allylic oxidation sites excluding steroid dienone is 4. The quantitative estimate of drug-likeness (QED) is 0.426. The predicted molar refractivity (Wildman–Crippen MR) is 39.1 cm³/mol. The maximum atomic E-state index is 2.98. The van der Waals surface area contributed by atoms with Crippen molar-refractivity contribution in [2.45, 2.75) is 6.92 Å². The summed E-state index contributed by atoms with van der Waals surface area (Å²) in [6.45, 7) is 2.03. The van der Waals surface area contributed by atoms with Crippen LogP contribution in [0.4, 0.5) is 0 Å². The van der Waals surface area contributed by atoms with Crippen molar-refractivity contribution in [2.24, 2.45) is 0 Å². The van der Waals surface area contributed by atoms with E-state index < -0.39 is 0 Å². The van der Waals surface area contributed by atoms with Crippen molar-refractivity contribution in [1.82, 2.24) is 0 Å². The lowest BCUT2D eigenvalue weighted by Crippen LogP contribution is -1.63. The van der Waals surface area contributed by atoms with Gasteiger partial charge in [0, 0.05) is 0 Å². The topological polar surface area (TPSA) is 0 Å². The van der Waals surface area contributed by atoms with Gasteiger partial charge in [0.15, 0.2) is 0 Å². The Morgan fingerprint density at radius 1 is 1.11 bits per heavy atom. The molecule has 0 nitrogen and oxygen atoms in total. The van der Waals surface area contributed by atoms with Crippen LogP contribution >= 0.6 is 0 Å². The lowest BCUT2D eigenvalue weighted by atomic mass is 10.2. The van der Waals surface area contributed by atoms with Gasteiger partial charge in [0.2, 0.25) is 0 Å². The molecule has 0 aromatic carbocycles. The molecule has 0 unspecified atom stereocenters. The van der Waals surface area contributed by atoms with Crippen molar-refractivity contribution in [3.8, 4) is 0 Å². The van der Waals surface area contributed by atoms with E-state index in [0.717, 1.165) is 0 Å². The number of rotatable bonds is 0. The Bertz CT molecular complexity index is 239. The van der Waals surface area contributed by atoms with E-state index in [9.17, 15) is 0 Å². The largest absolute Gasteiger partial charge is 0.120 e. The Balaban J connectivity index is 3.05. The van der Waals surface area contributed by atoms with Crippen LogP contribution in [0.25, 0.3) is 0 Å². The van der Waals surface area contributed by atoms with Gasteiger partial charge in [-0.1, -0.05) is 6.08 Å². The number of hydrogen-bond donors (Lipinski definition) is 0. The standard InChI is InChI=1S/C9H8/c1-9-7-5-3-2-4-6-8-9/h2-3,6-8H,1H3. The third-order valence-electron chi connectivity index (χ3n) is 1.03. The summed E-state index contributed by atoms with van der Waals surface area (Å²) in [5.74, 6) is 0. The molecular formula is C9H8. The van der Waals surface area contributed by atoms with Crippen molar-refractivity contribution >= 4 is 0 Å². The van der Waals surface area contributed by atoms with Crippen LogP contribution in [-0.4, -0.2) is 0 Å². The highest BCUT2D eigenvalue weighted by molar-refractivity contribution is 5.24. The first-order chi connectivity index (χ1) is 4.39. The zero-order chi connectivity index (χ0) is 6.53. The fourth-order valence-electron chi connectivity index (χ4n) is 0.559. The summed E-state index contributed by atoms with van der Waals surface area (Å²) in [5, 5.41) is 0. The van der Waals surface area contributed by atoms with E-state index in [1.54, 1.807) is 0 Å². The van der Waals surface area contributed by atoms with Gasteiger partial charge in [0.05, 0.1) is 0 Å². The molecule has 0 heterocycles. The molecule has 0 aromatic heterocycles. The van der Waals surface area contributed by atoms with E-state index in [1.807, 2.05) is 37.3 Å². The highest BCUT2D eigenvalue weighted by Crippen LogP contribution is 1.94. The molecule has 0 bridgehead atoms. The van der Waals surface area contributed by atoms with Crippen LogP contribution < -0.4 is 0 Å². The molecule has 0 atom stereocenters. The molecule has 0 radical (unpaired) electrons. The highest BCUT2D eigenvalue weighted by atomic mass is 13.8. The van der Waals surface area contributed by atoms with E-state index in [0.29, 0.717) is 0 Å². The van der Waals surface area contributed by atoms with Gasteiger partial charge >= 0.3 is 0 Å². The van der Waals surface area contributed by atoms with Crippen LogP contribution in [-0.2, 0) is 0 Å². The summed E-state index contributed by atoms with van der Waals surface area (Å²) >= 11 is 0. The van der Waals surface area contributed by atoms with E-state index >= 15 is 0 Å². The minimum atomic E-state index is 1.20. The van der Waals surface area contributed by atoms with E-state index in [1.165, 1.54) is 5.57 Å². The van der Waals surface area contributed by atoms with Crippen LogP contribution in [0.2, 0.25) is 0 Å². The van der Waals surface area contributed by atoms with Gasteiger partial charge in [-0.3, -0.25) is 0 Å². The molecule has 1 rings (SSSR count). The third kappa shape index (κ3) is 2.01. The molecule has 0 saturated carbocycles. The first-order valence-corrected chi connectivity index (χ1v) is 2.90. The Kier molecular flexibility index (Phi) is 1.93. The summed E-state index contributed by atoms with van der Waals surface area (Å²) in [6, 6.07) is 0. The van der Waals surface area contributed by atoms with Crippen LogP contribution in [0.15, 0.2) is 47.4 Å². The summed E-state index contributed by atoms with van der Waals surface area (Å²) in [7, 11) is 0. The zero-order valence-corrected chi connectivity index (χ0v) is 5.39. The molecular weight excluding hydrogens is 108 g/mol. The average Bonchev–Trinajstić information content (AvgIpc) is 1.79. The van der Waals surface area contributed by atoms with Crippen molar-refractivity contribution in [3.63, 3.8) is 0 Å². The summed E-state index contributed by atoms with van der Waals surface area (Å²) in [6.07, 6.45) is 9.50. The minimum Gasteiger partial charge on any atom is -0.120 e. The first-order valence-electron chi connectivity index (χ1n) is 2.90. The Morgan fingerprint density at radius 3 is 2.78 bits per heavy atom. The fourth-order valence-corrected chi connectivity index (χ4v) is 0.559. The molecule has 0 saturated heterocycles. The van der Waals surface area contributed by atoms with Gasteiger partial charge in [-0.25, -0.2) is 0 Å². The lowest BCUT2D eigenvalue weighted by molar-refractivity contribution is 1.53. The maximum Gasteiger partial charge on any atom is -0.0122 e. The molecule has 0 aromatic rings. The Morgan fingerprint density at radius 2 is 1.89 bits per heavy atom. The maximum absolute atomic E-state index is 2.98. The molecule has 0 spiro atoms. The van der Waals surface area contributed by atoms with Gasteiger partial charge < -0.3 is 0 Å². The van der Waals surface area contributed by atoms with Gasteiger partial charge in [-0.15, -0.1) is 11.5 Å².